The number of carbonyl (C=O) groups is 2. The summed E-state index contributed by atoms with van der Waals surface area (Å²) in [6, 6.07) is 4.13. The second-order valence-corrected chi connectivity index (χ2v) is 5.89. The predicted molar refractivity (Wildman–Crippen MR) is 85.4 cm³/mol. The zero-order chi connectivity index (χ0) is 18.0. The molecular weight excluding hydrogens is 339 g/mol. The summed E-state index contributed by atoms with van der Waals surface area (Å²) in [5, 5.41) is 12.8. The molecule has 0 aliphatic rings. The standard InChI is InChI=1S/C16H16ClFN2O4/c1-8(16(22)23)7-20(3)15(21)12-9(2)24-19-14(12)13-10(17)5-4-6-11(13)18/h4-6,8H,7H2,1-3H3,(H,22,23). The molecule has 6 nitrogen and oxygen atoms in total. The number of rotatable bonds is 5. The smallest absolute Gasteiger partial charge is 0.308 e. The van der Waals surface area contributed by atoms with Gasteiger partial charge in [-0.05, 0) is 19.1 Å². The lowest BCUT2D eigenvalue weighted by molar-refractivity contribution is -0.141. The van der Waals surface area contributed by atoms with Crippen molar-refractivity contribution >= 4 is 23.5 Å². The molecule has 0 aliphatic heterocycles. The second kappa shape index (κ2) is 7.00. The van der Waals surface area contributed by atoms with E-state index < -0.39 is 23.6 Å². The molecule has 0 radical (unpaired) electrons. The second-order valence-electron chi connectivity index (χ2n) is 5.48. The minimum atomic E-state index is -1.02. The van der Waals surface area contributed by atoms with Gasteiger partial charge in [-0.1, -0.05) is 29.7 Å². The molecule has 1 amide bonds. The summed E-state index contributed by atoms with van der Waals surface area (Å²) in [6.45, 7) is 3.00. The highest BCUT2D eigenvalue weighted by Crippen LogP contribution is 2.33. The van der Waals surface area contributed by atoms with Crippen LogP contribution in [0, 0.1) is 18.7 Å². The Bertz CT molecular complexity index is 770. The molecule has 0 aliphatic carbocycles. The fourth-order valence-corrected chi connectivity index (χ4v) is 2.53. The normalized spacial score (nSPS) is 12.0. The van der Waals surface area contributed by atoms with Crippen molar-refractivity contribution in [3.05, 3.63) is 40.4 Å². The van der Waals surface area contributed by atoms with Gasteiger partial charge in [0.05, 0.1) is 16.5 Å². The maximum absolute atomic E-state index is 14.1. The van der Waals surface area contributed by atoms with E-state index in [0.717, 1.165) is 0 Å². The van der Waals surface area contributed by atoms with E-state index in [2.05, 4.69) is 5.16 Å². The summed E-state index contributed by atoms with van der Waals surface area (Å²) in [5.41, 5.74) is 0.0246. The van der Waals surface area contributed by atoms with E-state index in [1.54, 1.807) is 0 Å². The van der Waals surface area contributed by atoms with Gasteiger partial charge in [-0.2, -0.15) is 0 Å². The molecule has 1 N–H and O–H groups in total. The number of aliphatic carboxylic acids is 1. The van der Waals surface area contributed by atoms with Gasteiger partial charge in [-0.3, -0.25) is 9.59 Å². The highest BCUT2D eigenvalue weighted by Gasteiger charge is 2.28. The van der Waals surface area contributed by atoms with E-state index in [4.69, 9.17) is 21.2 Å². The molecule has 2 aromatic rings. The van der Waals surface area contributed by atoms with Gasteiger partial charge in [0, 0.05) is 13.6 Å². The van der Waals surface area contributed by atoms with Crippen molar-refractivity contribution in [3.63, 3.8) is 0 Å². The van der Waals surface area contributed by atoms with Crippen molar-refractivity contribution in [2.45, 2.75) is 13.8 Å². The van der Waals surface area contributed by atoms with Crippen LogP contribution in [0.3, 0.4) is 0 Å². The Morgan fingerprint density at radius 3 is 2.71 bits per heavy atom. The van der Waals surface area contributed by atoms with Gasteiger partial charge in [0.15, 0.2) is 0 Å². The Kier molecular flexibility index (Phi) is 5.23. The van der Waals surface area contributed by atoms with Crippen molar-refractivity contribution in [2.24, 2.45) is 5.92 Å². The maximum Gasteiger partial charge on any atom is 0.308 e. The summed E-state index contributed by atoms with van der Waals surface area (Å²) in [4.78, 5) is 24.9. The number of halogens is 2. The number of carbonyl (C=O) groups excluding carboxylic acids is 1. The van der Waals surface area contributed by atoms with Gasteiger partial charge < -0.3 is 14.5 Å². The van der Waals surface area contributed by atoms with E-state index in [1.807, 2.05) is 0 Å². The summed E-state index contributed by atoms with van der Waals surface area (Å²) in [7, 11) is 1.46. The molecule has 0 saturated heterocycles. The Labute approximate surface area is 142 Å². The molecule has 0 fully saturated rings. The van der Waals surface area contributed by atoms with Gasteiger partial charge in [-0.25, -0.2) is 4.39 Å². The molecule has 1 heterocycles. The number of aryl methyl sites for hydroxylation is 1. The van der Waals surface area contributed by atoms with Crippen LogP contribution in [-0.4, -0.2) is 40.6 Å². The first-order valence-corrected chi connectivity index (χ1v) is 7.50. The zero-order valence-corrected chi connectivity index (χ0v) is 14.1. The summed E-state index contributed by atoms with van der Waals surface area (Å²) >= 11 is 6.03. The largest absolute Gasteiger partial charge is 0.481 e. The maximum atomic E-state index is 14.1. The van der Waals surface area contributed by atoms with E-state index >= 15 is 0 Å². The number of nitrogens with zero attached hydrogens (tertiary/aromatic N) is 2. The molecule has 1 aromatic heterocycles. The Hall–Kier alpha value is -2.41. The number of carboxylic acid groups (broad SMARTS) is 1. The van der Waals surface area contributed by atoms with Gasteiger partial charge in [0.2, 0.25) is 0 Å². The minimum absolute atomic E-state index is 0.00423. The molecule has 0 bridgehead atoms. The van der Waals surface area contributed by atoms with E-state index in [1.165, 1.54) is 44.0 Å². The Balaban J connectivity index is 2.44. The lowest BCUT2D eigenvalue weighted by Crippen LogP contribution is -2.34. The third kappa shape index (κ3) is 3.41. The van der Waals surface area contributed by atoms with Crippen LogP contribution in [0.2, 0.25) is 5.02 Å². The predicted octanol–water partition coefficient (Wildman–Crippen LogP) is 3.24. The van der Waals surface area contributed by atoms with Gasteiger partial charge in [-0.15, -0.1) is 0 Å². The summed E-state index contributed by atoms with van der Waals surface area (Å²) < 4.78 is 19.2. The molecule has 2 rings (SSSR count). The average molecular weight is 355 g/mol. The van der Waals surface area contributed by atoms with Gasteiger partial charge in [0.1, 0.15) is 22.8 Å². The van der Waals surface area contributed by atoms with Crippen LogP contribution < -0.4 is 0 Å². The number of hydrogen-bond donors (Lipinski definition) is 1. The van der Waals surface area contributed by atoms with E-state index in [-0.39, 0.29) is 34.1 Å². The number of carboxylic acids is 1. The SMILES string of the molecule is Cc1onc(-c2c(F)cccc2Cl)c1C(=O)N(C)CC(C)C(=O)O. The van der Waals surface area contributed by atoms with Crippen molar-refractivity contribution < 1.29 is 23.6 Å². The lowest BCUT2D eigenvalue weighted by Gasteiger charge is -2.19. The fourth-order valence-electron chi connectivity index (χ4n) is 2.28. The first kappa shape index (κ1) is 17.9. The molecule has 1 unspecified atom stereocenters. The van der Waals surface area contributed by atoms with Crippen LogP contribution in [0.15, 0.2) is 22.7 Å². The quantitative estimate of drug-likeness (QED) is 0.891. The first-order valence-electron chi connectivity index (χ1n) is 7.13. The topological polar surface area (TPSA) is 83.6 Å². The van der Waals surface area contributed by atoms with Crippen molar-refractivity contribution in [1.82, 2.24) is 10.1 Å². The number of hydrogen-bond acceptors (Lipinski definition) is 4. The van der Waals surface area contributed by atoms with Gasteiger partial charge in [0.25, 0.3) is 5.91 Å². The Morgan fingerprint density at radius 2 is 2.12 bits per heavy atom. The van der Waals surface area contributed by atoms with Crippen molar-refractivity contribution in [1.29, 1.82) is 0 Å². The molecule has 24 heavy (non-hydrogen) atoms. The van der Waals surface area contributed by atoms with E-state index in [0.29, 0.717) is 0 Å². The third-order valence-electron chi connectivity index (χ3n) is 3.59. The van der Waals surface area contributed by atoms with Crippen LogP contribution >= 0.6 is 11.6 Å². The van der Waals surface area contributed by atoms with Crippen molar-refractivity contribution in [2.75, 3.05) is 13.6 Å². The zero-order valence-electron chi connectivity index (χ0n) is 13.3. The van der Waals surface area contributed by atoms with Crippen LogP contribution in [0.4, 0.5) is 4.39 Å². The molecule has 1 aromatic carbocycles. The van der Waals surface area contributed by atoms with Gasteiger partial charge >= 0.3 is 5.97 Å². The Morgan fingerprint density at radius 1 is 1.46 bits per heavy atom. The molecule has 1 atom stereocenters. The van der Waals surface area contributed by atoms with Crippen LogP contribution in [-0.2, 0) is 4.79 Å². The summed E-state index contributed by atoms with van der Waals surface area (Å²) in [5.74, 6) is -2.72. The van der Waals surface area contributed by atoms with Crippen molar-refractivity contribution in [3.8, 4) is 11.3 Å². The third-order valence-corrected chi connectivity index (χ3v) is 3.91. The number of benzene rings is 1. The molecule has 0 saturated carbocycles. The molecule has 8 heteroatoms. The van der Waals surface area contributed by atoms with Crippen LogP contribution in [0.5, 0.6) is 0 Å². The highest BCUT2D eigenvalue weighted by atomic mass is 35.5. The van der Waals surface area contributed by atoms with E-state index in [9.17, 15) is 14.0 Å². The number of amides is 1. The summed E-state index contributed by atoms with van der Waals surface area (Å²) in [6.07, 6.45) is 0. The monoisotopic (exact) mass is 354 g/mol. The van der Waals surface area contributed by atoms with Crippen LogP contribution in [0.25, 0.3) is 11.3 Å². The first-order chi connectivity index (χ1) is 11.2. The number of aromatic nitrogens is 1. The molecule has 0 spiro atoms. The molecule has 128 valence electrons. The average Bonchev–Trinajstić information content (AvgIpc) is 2.87. The molecular formula is C16H16ClFN2O4. The van der Waals surface area contributed by atoms with Crippen LogP contribution in [0.1, 0.15) is 23.0 Å². The lowest BCUT2D eigenvalue weighted by atomic mass is 10.0. The minimum Gasteiger partial charge on any atom is -0.481 e. The fraction of sp³-hybridized carbons (Fsp3) is 0.312. The highest BCUT2D eigenvalue weighted by molar-refractivity contribution is 6.33.